The number of hydrogen-bond donors (Lipinski definition) is 3. The van der Waals surface area contributed by atoms with Crippen LogP contribution in [0.5, 0.6) is 5.75 Å². The standard InChI is InChI=1S/C17H15NO5S/c19-11-7-5-10(6-8-11)16-15(22)17(23)18(9-14(20)21)12-3-1-2-4-13(12)24-16/h1-8,15-16,19,22H,9H2,(H,20,21). The van der Waals surface area contributed by atoms with E-state index in [2.05, 4.69) is 0 Å². The number of phenolic OH excluding ortho intramolecular Hbond substituents is 1. The SMILES string of the molecule is O=C(O)CN1C(=O)C(O)C(c2ccc(O)cc2)Sc2ccccc21. The first kappa shape index (κ1) is 16.4. The zero-order valence-corrected chi connectivity index (χ0v) is 13.3. The van der Waals surface area contributed by atoms with E-state index in [1.807, 2.05) is 0 Å². The maximum absolute atomic E-state index is 12.6. The summed E-state index contributed by atoms with van der Waals surface area (Å²) in [5.41, 5.74) is 1.14. The van der Waals surface area contributed by atoms with Crippen LogP contribution in [0.25, 0.3) is 0 Å². The first-order valence-electron chi connectivity index (χ1n) is 7.23. The van der Waals surface area contributed by atoms with Crippen LogP contribution in [0.4, 0.5) is 5.69 Å². The molecule has 3 N–H and O–H groups in total. The van der Waals surface area contributed by atoms with E-state index in [4.69, 9.17) is 5.11 Å². The van der Waals surface area contributed by atoms with Crippen LogP contribution in [0.2, 0.25) is 0 Å². The molecule has 1 aliphatic rings. The molecular formula is C17H15NO5S. The predicted molar refractivity (Wildman–Crippen MR) is 89.1 cm³/mol. The van der Waals surface area contributed by atoms with Crippen LogP contribution in [0, 0.1) is 0 Å². The third kappa shape index (κ3) is 3.08. The highest BCUT2D eigenvalue weighted by atomic mass is 32.2. The summed E-state index contributed by atoms with van der Waals surface area (Å²) in [6.07, 6.45) is -1.40. The first-order valence-corrected chi connectivity index (χ1v) is 8.11. The van der Waals surface area contributed by atoms with Crippen molar-refractivity contribution in [2.75, 3.05) is 11.4 Å². The molecule has 24 heavy (non-hydrogen) atoms. The van der Waals surface area contributed by atoms with Gasteiger partial charge in [0.1, 0.15) is 18.4 Å². The van der Waals surface area contributed by atoms with Gasteiger partial charge in [0.2, 0.25) is 0 Å². The minimum absolute atomic E-state index is 0.0890. The lowest BCUT2D eigenvalue weighted by atomic mass is 10.1. The second-order valence-corrected chi connectivity index (χ2v) is 6.54. The molecule has 0 fully saturated rings. The number of benzene rings is 2. The zero-order chi connectivity index (χ0) is 17.3. The van der Waals surface area contributed by atoms with E-state index >= 15 is 0 Å². The molecule has 2 unspecified atom stereocenters. The molecule has 0 aliphatic carbocycles. The van der Waals surface area contributed by atoms with Crippen LogP contribution in [-0.4, -0.2) is 39.8 Å². The number of para-hydroxylation sites is 1. The van der Waals surface area contributed by atoms with Crippen LogP contribution >= 0.6 is 11.8 Å². The lowest BCUT2D eigenvalue weighted by Gasteiger charge is -2.23. The predicted octanol–water partition coefficient (Wildman–Crippen LogP) is 2.02. The van der Waals surface area contributed by atoms with Crippen LogP contribution in [0.1, 0.15) is 10.8 Å². The summed E-state index contributed by atoms with van der Waals surface area (Å²) in [6.45, 7) is -0.518. The van der Waals surface area contributed by atoms with Gasteiger partial charge in [0.05, 0.1) is 10.9 Å². The molecule has 0 aromatic heterocycles. The molecule has 0 bridgehead atoms. The highest BCUT2D eigenvalue weighted by molar-refractivity contribution is 7.99. The molecule has 124 valence electrons. The number of carbonyl (C=O) groups is 2. The van der Waals surface area contributed by atoms with Crippen molar-refractivity contribution in [2.24, 2.45) is 0 Å². The van der Waals surface area contributed by atoms with E-state index < -0.39 is 29.8 Å². The lowest BCUT2D eigenvalue weighted by Crippen LogP contribution is -2.43. The van der Waals surface area contributed by atoms with Crippen LogP contribution in [-0.2, 0) is 9.59 Å². The molecule has 0 saturated carbocycles. The number of rotatable bonds is 3. The number of anilines is 1. The Kier molecular flexibility index (Phi) is 4.46. The Balaban J connectivity index is 2.06. The van der Waals surface area contributed by atoms with Gasteiger partial charge < -0.3 is 15.3 Å². The van der Waals surface area contributed by atoms with Gasteiger partial charge in [0, 0.05) is 4.90 Å². The van der Waals surface area contributed by atoms with Gasteiger partial charge in [0.15, 0.2) is 0 Å². The van der Waals surface area contributed by atoms with Crippen LogP contribution in [0.3, 0.4) is 0 Å². The van der Waals surface area contributed by atoms with Crippen molar-refractivity contribution in [3.63, 3.8) is 0 Å². The van der Waals surface area contributed by atoms with E-state index in [0.29, 0.717) is 16.1 Å². The summed E-state index contributed by atoms with van der Waals surface area (Å²) in [4.78, 5) is 25.6. The lowest BCUT2D eigenvalue weighted by molar-refractivity contribution is -0.137. The van der Waals surface area contributed by atoms with Gasteiger partial charge >= 0.3 is 5.97 Å². The Bertz CT molecular complexity index is 777. The summed E-state index contributed by atoms with van der Waals surface area (Å²) in [6, 6.07) is 13.2. The number of phenols is 1. The third-order valence-corrected chi connectivity index (χ3v) is 5.11. The minimum Gasteiger partial charge on any atom is -0.508 e. The molecule has 1 heterocycles. The molecular weight excluding hydrogens is 330 g/mol. The fourth-order valence-corrected chi connectivity index (χ4v) is 3.87. The number of carboxylic acids is 1. The Morgan fingerprint density at radius 2 is 1.79 bits per heavy atom. The molecule has 2 aromatic rings. The Hall–Kier alpha value is -2.51. The number of nitrogens with zero attached hydrogens (tertiary/aromatic N) is 1. The maximum Gasteiger partial charge on any atom is 0.323 e. The number of amides is 1. The van der Waals surface area contributed by atoms with Gasteiger partial charge in [-0.2, -0.15) is 0 Å². The molecule has 6 nitrogen and oxygen atoms in total. The largest absolute Gasteiger partial charge is 0.508 e. The van der Waals surface area contributed by atoms with Gasteiger partial charge in [0.25, 0.3) is 5.91 Å². The molecule has 3 rings (SSSR count). The van der Waals surface area contributed by atoms with Gasteiger partial charge in [-0.3, -0.25) is 14.5 Å². The fraction of sp³-hybridized carbons (Fsp3) is 0.176. The van der Waals surface area contributed by atoms with Crippen molar-refractivity contribution in [2.45, 2.75) is 16.2 Å². The van der Waals surface area contributed by atoms with Gasteiger partial charge in [-0.25, -0.2) is 0 Å². The number of carboxylic acid groups (broad SMARTS) is 1. The summed E-state index contributed by atoms with van der Waals surface area (Å²) in [5, 5.41) is 28.4. The summed E-state index contributed by atoms with van der Waals surface area (Å²) in [5.74, 6) is -1.72. The number of aliphatic hydroxyl groups is 1. The molecule has 0 radical (unpaired) electrons. The molecule has 2 aromatic carbocycles. The van der Waals surface area contributed by atoms with Crippen molar-refractivity contribution in [1.82, 2.24) is 0 Å². The van der Waals surface area contributed by atoms with E-state index in [0.717, 1.165) is 4.90 Å². The summed E-state index contributed by atoms with van der Waals surface area (Å²) in [7, 11) is 0. The second-order valence-electron chi connectivity index (χ2n) is 5.36. The van der Waals surface area contributed by atoms with E-state index in [9.17, 15) is 19.8 Å². The number of fused-ring (bicyclic) bond motifs is 1. The molecule has 0 spiro atoms. The second kappa shape index (κ2) is 6.54. The van der Waals surface area contributed by atoms with Crippen LogP contribution < -0.4 is 4.90 Å². The molecule has 0 saturated heterocycles. The summed E-state index contributed by atoms with van der Waals surface area (Å²) < 4.78 is 0. The highest BCUT2D eigenvalue weighted by Crippen LogP contribution is 2.45. The third-order valence-electron chi connectivity index (χ3n) is 3.73. The van der Waals surface area contributed by atoms with Crippen molar-refractivity contribution in [1.29, 1.82) is 0 Å². The van der Waals surface area contributed by atoms with Crippen molar-refractivity contribution >= 4 is 29.3 Å². The van der Waals surface area contributed by atoms with E-state index in [1.54, 1.807) is 36.4 Å². The van der Waals surface area contributed by atoms with E-state index in [1.165, 1.54) is 23.9 Å². The van der Waals surface area contributed by atoms with Crippen LogP contribution in [0.15, 0.2) is 53.4 Å². The normalized spacial score (nSPS) is 20.4. The van der Waals surface area contributed by atoms with Gasteiger partial charge in [-0.05, 0) is 29.8 Å². The number of aromatic hydroxyl groups is 1. The van der Waals surface area contributed by atoms with Gasteiger partial charge in [-0.15, -0.1) is 11.8 Å². The average Bonchev–Trinajstić information content (AvgIpc) is 2.66. The topological polar surface area (TPSA) is 98.1 Å². The van der Waals surface area contributed by atoms with Crippen molar-refractivity contribution in [3.05, 3.63) is 54.1 Å². The summed E-state index contributed by atoms with van der Waals surface area (Å²) >= 11 is 1.29. The van der Waals surface area contributed by atoms with Crippen molar-refractivity contribution < 1.29 is 24.9 Å². The number of hydrogen-bond acceptors (Lipinski definition) is 5. The molecule has 7 heteroatoms. The molecule has 1 aliphatic heterocycles. The first-order chi connectivity index (χ1) is 11.5. The Morgan fingerprint density at radius 1 is 1.12 bits per heavy atom. The minimum atomic E-state index is -1.40. The molecule has 2 atom stereocenters. The quantitative estimate of drug-likeness (QED) is 0.787. The molecule has 1 amide bonds. The highest BCUT2D eigenvalue weighted by Gasteiger charge is 2.37. The fourth-order valence-electron chi connectivity index (χ4n) is 2.60. The Labute approximate surface area is 142 Å². The Morgan fingerprint density at radius 3 is 2.46 bits per heavy atom. The number of aliphatic carboxylic acids is 1. The zero-order valence-electron chi connectivity index (χ0n) is 12.5. The smallest absolute Gasteiger partial charge is 0.323 e. The maximum atomic E-state index is 12.6. The number of thioether (sulfide) groups is 1. The average molecular weight is 345 g/mol. The number of carbonyl (C=O) groups excluding carboxylic acids is 1. The van der Waals surface area contributed by atoms with E-state index in [-0.39, 0.29) is 5.75 Å². The monoisotopic (exact) mass is 345 g/mol. The number of aliphatic hydroxyl groups excluding tert-OH is 1. The van der Waals surface area contributed by atoms with Crippen molar-refractivity contribution in [3.8, 4) is 5.75 Å². The van der Waals surface area contributed by atoms with Gasteiger partial charge in [-0.1, -0.05) is 24.3 Å².